The SMILES string of the molecule is Brc1ccc(-c2ccc(N(c3ccc(-c4ccccc4)cc3)c3ccc4c5c(oc4c3)=CCCC=5)cc2)cc1. The van der Waals surface area contributed by atoms with Gasteiger partial charge in [0.05, 0.1) is 0 Å². The smallest absolute Gasteiger partial charge is 0.137 e. The Labute approximate surface area is 236 Å². The van der Waals surface area contributed by atoms with Crippen molar-refractivity contribution in [1.29, 1.82) is 0 Å². The molecule has 0 unspecified atom stereocenters. The Morgan fingerprint density at radius 1 is 0.538 bits per heavy atom. The fraction of sp³-hybridized carbons (Fsp3) is 0.0556. The molecule has 0 N–H and O–H groups in total. The molecule has 0 saturated heterocycles. The fourth-order valence-corrected chi connectivity index (χ4v) is 5.66. The molecule has 0 spiro atoms. The Hall–Kier alpha value is -4.34. The molecule has 0 amide bonds. The monoisotopic (exact) mass is 567 g/mol. The molecule has 1 aromatic heterocycles. The van der Waals surface area contributed by atoms with Crippen molar-refractivity contribution in [3.05, 3.63) is 136 Å². The molecule has 0 aliphatic heterocycles. The zero-order valence-electron chi connectivity index (χ0n) is 21.3. The molecule has 0 fully saturated rings. The first-order valence-electron chi connectivity index (χ1n) is 13.3. The molecule has 0 bridgehead atoms. The number of hydrogen-bond donors (Lipinski definition) is 0. The van der Waals surface area contributed by atoms with Crippen LogP contribution in [0.25, 0.3) is 45.4 Å². The second kappa shape index (κ2) is 10.1. The van der Waals surface area contributed by atoms with Gasteiger partial charge in [-0.2, -0.15) is 0 Å². The predicted octanol–water partition coefficient (Wildman–Crippen LogP) is 9.35. The van der Waals surface area contributed by atoms with Gasteiger partial charge in [0.1, 0.15) is 11.0 Å². The van der Waals surface area contributed by atoms with E-state index in [2.05, 4.69) is 154 Å². The fourth-order valence-electron chi connectivity index (χ4n) is 5.39. The Bertz CT molecular complexity index is 1890. The Morgan fingerprint density at radius 3 is 1.72 bits per heavy atom. The van der Waals surface area contributed by atoms with Crippen LogP contribution in [0.1, 0.15) is 12.8 Å². The Morgan fingerprint density at radius 2 is 1.08 bits per heavy atom. The predicted molar refractivity (Wildman–Crippen MR) is 167 cm³/mol. The van der Waals surface area contributed by atoms with Gasteiger partial charge in [-0.1, -0.05) is 88.7 Å². The minimum absolute atomic E-state index is 0.921. The lowest BCUT2D eigenvalue weighted by Crippen LogP contribution is -2.21. The highest BCUT2D eigenvalue weighted by Gasteiger charge is 2.16. The van der Waals surface area contributed by atoms with E-state index < -0.39 is 0 Å². The number of rotatable bonds is 5. The molecular formula is C36H26BrNO. The number of anilines is 3. The van der Waals surface area contributed by atoms with E-state index in [-0.39, 0.29) is 0 Å². The van der Waals surface area contributed by atoms with Crippen LogP contribution in [0, 0.1) is 0 Å². The minimum Gasteiger partial charge on any atom is -0.456 e. The first-order valence-corrected chi connectivity index (χ1v) is 14.1. The highest BCUT2D eigenvalue weighted by molar-refractivity contribution is 9.10. The van der Waals surface area contributed by atoms with Crippen LogP contribution in [-0.2, 0) is 0 Å². The molecule has 0 saturated carbocycles. The summed E-state index contributed by atoms with van der Waals surface area (Å²) in [5, 5.41) is 2.40. The molecule has 188 valence electrons. The highest BCUT2D eigenvalue weighted by Crippen LogP contribution is 2.37. The highest BCUT2D eigenvalue weighted by atomic mass is 79.9. The van der Waals surface area contributed by atoms with Crippen LogP contribution in [0.2, 0.25) is 0 Å². The maximum atomic E-state index is 6.30. The number of fused-ring (bicyclic) bond motifs is 3. The van der Waals surface area contributed by atoms with E-state index in [1.54, 1.807) is 0 Å². The molecule has 6 aromatic rings. The average Bonchev–Trinajstić information content (AvgIpc) is 3.37. The van der Waals surface area contributed by atoms with Gasteiger partial charge in [0.15, 0.2) is 0 Å². The van der Waals surface area contributed by atoms with E-state index in [0.29, 0.717) is 0 Å². The number of hydrogen-bond acceptors (Lipinski definition) is 2. The summed E-state index contributed by atoms with van der Waals surface area (Å²) in [5.41, 5.74) is 9.96. The number of benzene rings is 5. The third-order valence-electron chi connectivity index (χ3n) is 7.38. The van der Waals surface area contributed by atoms with Crippen molar-refractivity contribution in [2.75, 3.05) is 4.90 Å². The minimum atomic E-state index is 0.921. The summed E-state index contributed by atoms with van der Waals surface area (Å²) in [5.74, 6) is 0. The third-order valence-corrected chi connectivity index (χ3v) is 7.91. The van der Waals surface area contributed by atoms with E-state index in [4.69, 9.17) is 4.42 Å². The van der Waals surface area contributed by atoms with Crippen molar-refractivity contribution in [3.63, 3.8) is 0 Å². The zero-order valence-corrected chi connectivity index (χ0v) is 22.9. The van der Waals surface area contributed by atoms with Gasteiger partial charge in [-0.25, -0.2) is 0 Å². The summed E-state index contributed by atoms with van der Waals surface area (Å²) in [4.78, 5) is 2.30. The van der Waals surface area contributed by atoms with Crippen molar-refractivity contribution >= 4 is 56.1 Å². The summed E-state index contributed by atoms with van der Waals surface area (Å²) in [6, 6.07) is 43.1. The first-order chi connectivity index (χ1) is 19.2. The maximum absolute atomic E-state index is 6.30. The molecule has 0 radical (unpaired) electrons. The molecule has 0 atom stereocenters. The van der Waals surface area contributed by atoms with E-state index in [1.165, 1.54) is 32.9 Å². The van der Waals surface area contributed by atoms with Crippen LogP contribution in [0.15, 0.2) is 130 Å². The van der Waals surface area contributed by atoms with Gasteiger partial charge in [-0.3, -0.25) is 0 Å². The summed E-state index contributed by atoms with van der Waals surface area (Å²) in [6.45, 7) is 0. The third kappa shape index (κ3) is 4.60. The van der Waals surface area contributed by atoms with E-state index >= 15 is 0 Å². The molecule has 2 nitrogen and oxygen atoms in total. The van der Waals surface area contributed by atoms with E-state index in [0.717, 1.165) is 45.4 Å². The van der Waals surface area contributed by atoms with Crippen LogP contribution in [-0.4, -0.2) is 0 Å². The largest absolute Gasteiger partial charge is 0.456 e. The van der Waals surface area contributed by atoms with Crippen LogP contribution in [0.5, 0.6) is 0 Å². The molecule has 1 heterocycles. The number of nitrogens with zero attached hydrogens (tertiary/aromatic N) is 1. The topological polar surface area (TPSA) is 16.4 Å². The maximum Gasteiger partial charge on any atom is 0.137 e. The molecule has 1 aliphatic rings. The van der Waals surface area contributed by atoms with Gasteiger partial charge in [0, 0.05) is 38.2 Å². The van der Waals surface area contributed by atoms with Gasteiger partial charge in [-0.15, -0.1) is 0 Å². The summed E-state index contributed by atoms with van der Waals surface area (Å²) >= 11 is 3.54. The average molecular weight is 569 g/mol. The van der Waals surface area contributed by atoms with Crippen molar-refractivity contribution in [1.82, 2.24) is 0 Å². The van der Waals surface area contributed by atoms with Crippen molar-refractivity contribution in [2.45, 2.75) is 12.8 Å². The number of halogens is 1. The lowest BCUT2D eigenvalue weighted by Gasteiger charge is -2.26. The van der Waals surface area contributed by atoms with Crippen molar-refractivity contribution in [2.24, 2.45) is 0 Å². The van der Waals surface area contributed by atoms with Gasteiger partial charge in [0.2, 0.25) is 0 Å². The van der Waals surface area contributed by atoms with Gasteiger partial charge < -0.3 is 9.32 Å². The second-order valence-electron chi connectivity index (χ2n) is 9.85. The lowest BCUT2D eigenvalue weighted by molar-refractivity contribution is 0.572. The summed E-state index contributed by atoms with van der Waals surface area (Å²) in [6.07, 6.45) is 6.59. The van der Waals surface area contributed by atoms with Crippen molar-refractivity contribution < 1.29 is 4.42 Å². The molecule has 3 heteroatoms. The van der Waals surface area contributed by atoms with E-state index in [9.17, 15) is 0 Å². The summed E-state index contributed by atoms with van der Waals surface area (Å²) in [7, 11) is 0. The Kier molecular flexibility index (Phi) is 6.14. The number of furan rings is 1. The molecule has 1 aliphatic carbocycles. The molecule has 39 heavy (non-hydrogen) atoms. The second-order valence-corrected chi connectivity index (χ2v) is 10.8. The van der Waals surface area contributed by atoms with Crippen LogP contribution < -0.4 is 15.5 Å². The van der Waals surface area contributed by atoms with Crippen LogP contribution in [0.4, 0.5) is 17.1 Å². The quantitative estimate of drug-likeness (QED) is 0.206. The zero-order chi connectivity index (χ0) is 26.2. The molecule has 5 aromatic carbocycles. The summed E-state index contributed by atoms with van der Waals surface area (Å²) < 4.78 is 7.38. The van der Waals surface area contributed by atoms with Crippen LogP contribution in [0.3, 0.4) is 0 Å². The first kappa shape index (κ1) is 23.8. The normalized spacial score (nSPS) is 12.4. The standard InChI is InChI=1S/C36H26BrNO/c37-29-16-10-26(11-17-29)28-14-20-31(21-15-28)38(30-18-12-27(13-19-30)25-6-2-1-3-7-25)32-22-23-34-33-8-4-5-9-35(33)39-36(34)24-32/h1-3,6-24H,4-5H2. The molecular weight excluding hydrogens is 542 g/mol. The van der Waals surface area contributed by atoms with Gasteiger partial charge in [-0.05, 0) is 89.7 Å². The van der Waals surface area contributed by atoms with Gasteiger partial charge in [0.25, 0.3) is 0 Å². The van der Waals surface area contributed by atoms with Gasteiger partial charge >= 0.3 is 0 Å². The Balaban J connectivity index is 1.33. The lowest BCUT2D eigenvalue weighted by atomic mass is 10.0. The van der Waals surface area contributed by atoms with E-state index in [1.807, 2.05) is 0 Å². The molecule has 7 rings (SSSR count). The van der Waals surface area contributed by atoms with Crippen LogP contribution >= 0.6 is 15.9 Å². The van der Waals surface area contributed by atoms with Crippen molar-refractivity contribution in [3.8, 4) is 22.3 Å².